The maximum atomic E-state index is 12.7. The highest BCUT2D eigenvalue weighted by molar-refractivity contribution is 7.89. The van der Waals surface area contributed by atoms with Crippen LogP contribution in [0.25, 0.3) is 0 Å². The van der Waals surface area contributed by atoms with Gasteiger partial charge in [0.25, 0.3) is 0 Å². The Labute approximate surface area is 122 Å². The molecule has 118 valence electrons. The molecule has 0 saturated carbocycles. The Balaban J connectivity index is 2.39. The van der Waals surface area contributed by atoms with Crippen molar-refractivity contribution in [1.29, 1.82) is 0 Å². The zero-order valence-electron chi connectivity index (χ0n) is 11.7. The van der Waals surface area contributed by atoms with E-state index >= 15 is 0 Å². The van der Waals surface area contributed by atoms with Crippen LogP contribution in [0.2, 0.25) is 0 Å². The summed E-state index contributed by atoms with van der Waals surface area (Å²) < 4.78 is 64.7. The number of nitrogens with zero attached hydrogens (tertiary/aromatic N) is 1. The van der Waals surface area contributed by atoms with Crippen molar-refractivity contribution in [2.24, 2.45) is 0 Å². The molecule has 0 amide bonds. The Kier molecular flexibility index (Phi) is 4.63. The van der Waals surface area contributed by atoms with Crippen LogP contribution in [0.3, 0.4) is 0 Å². The fourth-order valence-corrected chi connectivity index (χ4v) is 4.48. The second-order valence-corrected chi connectivity index (χ2v) is 7.09. The molecule has 1 fully saturated rings. The van der Waals surface area contributed by atoms with Gasteiger partial charge in [-0.05, 0) is 37.5 Å². The topological polar surface area (TPSA) is 37.4 Å². The monoisotopic (exact) mass is 321 g/mol. The minimum Gasteiger partial charge on any atom is -0.207 e. The maximum absolute atomic E-state index is 12.7. The van der Waals surface area contributed by atoms with Crippen LogP contribution in [0.1, 0.15) is 38.2 Å². The number of hydrogen-bond donors (Lipinski definition) is 0. The summed E-state index contributed by atoms with van der Waals surface area (Å²) in [6.45, 7) is 2.27. The molecule has 7 heteroatoms. The van der Waals surface area contributed by atoms with Gasteiger partial charge in [0.15, 0.2) is 0 Å². The van der Waals surface area contributed by atoms with E-state index in [0.29, 0.717) is 13.0 Å². The van der Waals surface area contributed by atoms with Crippen molar-refractivity contribution in [3.63, 3.8) is 0 Å². The van der Waals surface area contributed by atoms with Gasteiger partial charge in [-0.1, -0.05) is 19.4 Å². The Hall–Kier alpha value is -1.08. The van der Waals surface area contributed by atoms with Crippen LogP contribution >= 0.6 is 0 Å². The second-order valence-electron chi connectivity index (χ2n) is 5.20. The SMILES string of the molecule is CCC1CCCCN1S(=O)(=O)c1cccc(C(F)(F)F)c1. The van der Waals surface area contributed by atoms with Crippen LogP contribution in [0.15, 0.2) is 29.2 Å². The van der Waals surface area contributed by atoms with E-state index in [2.05, 4.69) is 0 Å². The fraction of sp³-hybridized carbons (Fsp3) is 0.571. The smallest absolute Gasteiger partial charge is 0.207 e. The number of sulfonamides is 1. The normalized spacial score (nSPS) is 21.4. The van der Waals surface area contributed by atoms with Gasteiger partial charge in [0.05, 0.1) is 10.5 Å². The van der Waals surface area contributed by atoms with Gasteiger partial charge in [-0.15, -0.1) is 0 Å². The molecule has 1 aromatic carbocycles. The van der Waals surface area contributed by atoms with Crippen LogP contribution in [-0.2, 0) is 16.2 Å². The number of piperidine rings is 1. The molecule has 1 atom stereocenters. The third-order valence-corrected chi connectivity index (χ3v) is 5.76. The van der Waals surface area contributed by atoms with E-state index < -0.39 is 21.8 Å². The van der Waals surface area contributed by atoms with Crippen molar-refractivity contribution < 1.29 is 21.6 Å². The van der Waals surface area contributed by atoms with Crippen LogP contribution in [-0.4, -0.2) is 25.3 Å². The Morgan fingerprint density at radius 1 is 1.29 bits per heavy atom. The van der Waals surface area contributed by atoms with Crippen LogP contribution in [0, 0.1) is 0 Å². The summed E-state index contributed by atoms with van der Waals surface area (Å²) >= 11 is 0. The zero-order valence-corrected chi connectivity index (χ0v) is 12.5. The summed E-state index contributed by atoms with van der Waals surface area (Å²) in [4.78, 5) is -0.280. The predicted molar refractivity (Wildman–Crippen MR) is 73.3 cm³/mol. The molecule has 0 N–H and O–H groups in total. The minimum absolute atomic E-state index is 0.127. The molecule has 1 saturated heterocycles. The summed E-state index contributed by atoms with van der Waals surface area (Å²) in [5.74, 6) is 0. The van der Waals surface area contributed by atoms with Gasteiger partial charge in [-0.25, -0.2) is 8.42 Å². The summed E-state index contributed by atoms with van der Waals surface area (Å²) in [7, 11) is -3.87. The van der Waals surface area contributed by atoms with E-state index in [1.165, 1.54) is 10.4 Å². The molecule has 0 aromatic heterocycles. The summed E-state index contributed by atoms with van der Waals surface area (Å²) in [5, 5.41) is 0. The fourth-order valence-electron chi connectivity index (χ4n) is 2.67. The average Bonchev–Trinajstić information content (AvgIpc) is 2.46. The molecule has 21 heavy (non-hydrogen) atoms. The average molecular weight is 321 g/mol. The Morgan fingerprint density at radius 2 is 2.00 bits per heavy atom. The van der Waals surface area contributed by atoms with Gasteiger partial charge in [0, 0.05) is 12.6 Å². The summed E-state index contributed by atoms with van der Waals surface area (Å²) in [6, 6.07) is 3.84. The lowest BCUT2D eigenvalue weighted by atomic mass is 10.0. The number of alkyl halides is 3. The molecule has 1 aliphatic heterocycles. The lowest BCUT2D eigenvalue weighted by Gasteiger charge is -2.34. The number of halogens is 3. The van der Waals surface area contributed by atoms with Gasteiger partial charge in [0.1, 0.15) is 0 Å². The van der Waals surface area contributed by atoms with Gasteiger partial charge in [-0.2, -0.15) is 17.5 Å². The number of benzene rings is 1. The van der Waals surface area contributed by atoms with Crippen molar-refractivity contribution >= 4 is 10.0 Å². The molecule has 0 bridgehead atoms. The predicted octanol–water partition coefficient (Wildman–Crippen LogP) is 3.66. The van der Waals surface area contributed by atoms with Gasteiger partial charge < -0.3 is 0 Å². The van der Waals surface area contributed by atoms with Crippen molar-refractivity contribution in [3.05, 3.63) is 29.8 Å². The molecule has 0 aliphatic carbocycles. The van der Waals surface area contributed by atoms with Crippen LogP contribution in [0.4, 0.5) is 13.2 Å². The lowest BCUT2D eigenvalue weighted by Crippen LogP contribution is -2.43. The van der Waals surface area contributed by atoms with E-state index in [-0.39, 0.29) is 10.9 Å². The second kappa shape index (κ2) is 5.96. The highest BCUT2D eigenvalue weighted by atomic mass is 32.2. The number of hydrogen-bond acceptors (Lipinski definition) is 2. The third-order valence-electron chi connectivity index (χ3n) is 3.81. The first-order valence-electron chi connectivity index (χ1n) is 6.96. The first-order chi connectivity index (χ1) is 9.76. The first kappa shape index (κ1) is 16.3. The van der Waals surface area contributed by atoms with Crippen LogP contribution < -0.4 is 0 Å². The first-order valence-corrected chi connectivity index (χ1v) is 8.40. The molecule has 0 radical (unpaired) electrons. The van der Waals surface area contributed by atoms with E-state index in [0.717, 1.165) is 37.5 Å². The molecule has 0 spiro atoms. The molecular weight excluding hydrogens is 303 g/mol. The molecule has 1 heterocycles. The minimum atomic E-state index is -4.54. The van der Waals surface area contributed by atoms with E-state index in [1.807, 2.05) is 6.92 Å². The molecule has 1 aromatic rings. The standard InChI is InChI=1S/C14H18F3NO2S/c1-2-12-7-3-4-9-18(12)21(19,20)13-8-5-6-11(10-13)14(15,16)17/h5-6,8,10,12H,2-4,7,9H2,1H3. The van der Waals surface area contributed by atoms with Gasteiger partial charge >= 0.3 is 6.18 Å². The van der Waals surface area contributed by atoms with Gasteiger partial charge in [-0.3, -0.25) is 0 Å². The molecule has 2 rings (SSSR count). The number of rotatable bonds is 3. The third kappa shape index (κ3) is 3.40. The largest absolute Gasteiger partial charge is 0.416 e. The highest BCUT2D eigenvalue weighted by Crippen LogP contribution is 2.32. The van der Waals surface area contributed by atoms with Crippen molar-refractivity contribution in [2.45, 2.75) is 49.7 Å². The van der Waals surface area contributed by atoms with Crippen LogP contribution in [0.5, 0.6) is 0 Å². The zero-order chi connectivity index (χ0) is 15.7. The van der Waals surface area contributed by atoms with Crippen molar-refractivity contribution in [1.82, 2.24) is 4.31 Å². The van der Waals surface area contributed by atoms with E-state index in [9.17, 15) is 21.6 Å². The van der Waals surface area contributed by atoms with Gasteiger partial charge in [0.2, 0.25) is 10.0 Å². The highest BCUT2D eigenvalue weighted by Gasteiger charge is 2.35. The molecule has 3 nitrogen and oxygen atoms in total. The summed E-state index contributed by atoms with van der Waals surface area (Å²) in [6.07, 6.45) is -1.42. The molecular formula is C14H18F3NO2S. The quantitative estimate of drug-likeness (QED) is 0.852. The summed E-state index contributed by atoms with van der Waals surface area (Å²) in [5.41, 5.74) is -0.936. The Bertz CT molecular complexity index is 598. The lowest BCUT2D eigenvalue weighted by molar-refractivity contribution is -0.137. The van der Waals surface area contributed by atoms with Crippen molar-refractivity contribution in [3.8, 4) is 0 Å². The maximum Gasteiger partial charge on any atom is 0.416 e. The molecule has 1 aliphatic rings. The van der Waals surface area contributed by atoms with E-state index in [4.69, 9.17) is 0 Å². The molecule has 1 unspecified atom stereocenters. The van der Waals surface area contributed by atoms with E-state index in [1.54, 1.807) is 0 Å². The Morgan fingerprint density at radius 3 is 2.62 bits per heavy atom. The van der Waals surface area contributed by atoms with Crippen molar-refractivity contribution in [2.75, 3.05) is 6.54 Å².